The van der Waals surface area contributed by atoms with E-state index in [0.717, 1.165) is 5.56 Å². The van der Waals surface area contributed by atoms with Crippen LogP contribution in [0.1, 0.15) is 25.0 Å². The molecule has 0 heterocycles. The summed E-state index contributed by atoms with van der Waals surface area (Å²) in [5, 5.41) is 0. The Morgan fingerprint density at radius 3 is 2.38 bits per heavy atom. The molecule has 0 aliphatic rings. The summed E-state index contributed by atoms with van der Waals surface area (Å²) in [6.45, 7) is 6.04. The van der Waals surface area contributed by atoms with E-state index in [0.29, 0.717) is 12.1 Å². The van der Waals surface area contributed by atoms with E-state index in [-0.39, 0.29) is 15.4 Å². The van der Waals surface area contributed by atoms with Crippen LogP contribution in [0.5, 0.6) is 0 Å². The Bertz CT molecular complexity index is 638. The van der Waals surface area contributed by atoms with Gasteiger partial charge in [0.05, 0.1) is 4.90 Å². The molecule has 1 aromatic carbocycles. The van der Waals surface area contributed by atoms with Crippen LogP contribution in [0.15, 0.2) is 23.1 Å². The molecule has 0 saturated heterocycles. The zero-order chi connectivity index (χ0) is 16.4. The van der Waals surface area contributed by atoms with Crippen molar-refractivity contribution in [2.45, 2.75) is 31.2 Å². The molecule has 0 amide bonds. The highest BCUT2D eigenvalue weighted by Crippen LogP contribution is 2.16. The third kappa shape index (κ3) is 4.47. The summed E-state index contributed by atoms with van der Waals surface area (Å²) in [5.41, 5.74) is 6.75. The van der Waals surface area contributed by atoms with Crippen LogP contribution in [0, 0.1) is 6.92 Å². The van der Waals surface area contributed by atoms with Gasteiger partial charge in [-0.25, -0.2) is 13.1 Å². The minimum atomic E-state index is -3.55. The normalized spacial score (nSPS) is 12.7. The van der Waals surface area contributed by atoms with E-state index >= 15 is 0 Å². The Hall–Kier alpha value is -1.02. The molecule has 0 aliphatic heterocycles. The van der Waals surface area contributed by atoms with Crippen LogP contribution in [-0.2, 0) is 10.0 Å². The van der Waals surface area contributed by atoms with Crippen molar-refractivity contribution < 1.29 is 8.42 Å². The van der Waals surface area contributed by atoms with Crippen molar-refractivity contribution in [3.8, 4) is 0 Å². The lowest BCUT2D eigenvalue weighted by Crippen LogP contribution is -2.48. The minimum Gasteiger partial charge on any atom is -0.389 e. The lowest BCUT2D eigenvalue weighted by atomic mass is 10.1. The Morgan fingerprint density at radius 2 is 1.95 bits per heavy atom. The topological polar surface area (TPSA) is 75.4 Å². The second-order valence-electron chi connectivity index (χ2n) is 5.87. The quantitative estimate of drug-likeness (QED) is 0.768. The van der Waals surface area contributed by atoms with E-state index in [2.05, 4.69) is 4.72 Å². The maximum atomic E-state index is 12.3. The Morgan fingerprint density at radius 1 is 1.38 bits per heavy atom. The number of aryl methyl sites for hydroxylation is 1. The average Bonchev–Trinajstić information content (AvgIpc) is 2.36. The van der Waals surface area contributed by atoms with Crippen LogP contribution in [0.4, 0.5) is 0 Å². The number of thiocarbonyl (C=S) groups is 1. The molecule has 0 spiro atoms. The third-order valence-corrected chi connectivity index (χ3v) is 5.30. The highest BCUT2D eigenvalue weighted by Gasteiger charge is 2.24. The second-order valence-corrected chi connectivity index (χ2v) is 8.08. The molecule has 5 nitrogen and oxygen atoms in total. The Labute approximate surface area is 132 Å². The largest absolute Gasteiger partial charge is 0.389 e. The highest BCUT2D eigenvalue weighted by atomic mass is 32.2. The Balaban J connectivity index is 2.99. The molecule has 118 valence electrons. The molecule has 21 heavy (non-hydrogen) atoms. The lowest BCUT2D eigenvalue weighted by Gasteiger charge is -2.32. The molecule has 0 unspecified atom stereocenters. The number of nitrogens with one attached hydrogen (secondary N) is 1. The van der Waals surface area contributed by atoms with Gasteiger partial charge in [0.15, 0.2) is 0 Å². The van der Waals surface area contributed by atoms with Gasteiger partial charge in [0, 0.05) is 17.6 Å². The summed E-state index contributed by atoms with van der Waals surface area (Å²) in [6, 6.07) is 4.75. The van der Waals surface area contributed by atoms with Crippen molar-refractivity contribution in [2.75, 3.05) is 20.6 Å². The van der Waals surface area contributed by atoms with E-state index < -0.39 is 10.0 Å². The van der Waals surface area contributed by atoms with Crippen molar-refractivity contribution >= 4 is 27.2 Å². The molecule has 0 atom stereocenters. The van der Waals surface area contributed by atoms with E-state index in [1.54, 1.807) is 19.1 Å². The summed E-state index contributed by atoms with van der Waals surface area (Å²) >= 11 is 4.92. The minimum absolute atomic E-state index is 0.217. The fraction of sp³-hybridized carbons (Fsp3) is 0.500. The fourth-order valence-electron chi connectivity index (χ4n) is 1.59. The number of likely N-dealkylation sites (N-methyl/N-ethyl adjacent to an activating group) is 1. The van der Waals surface area contributed by atoms with Crippen LogP contribution < -0.4 is 10.5 Å². The van der Waals surface area contributed by atoms with E-state index in [4.69, 9.17) is 18.0 Å². The summed E-state index contributed by atoms with van der Waals surface area (Å²) in [5.74, 6) is 0. The molecule has 7 heteroatoms. The van der Waals surface area contributed by atoms with Crippen molar-refractivity contribution in [3.05, 3.63) is 29.3 Å². The molecule has 0 aliphatic carbocycles. The van der Waals surface area contributed by atoms with Gasteiger partial charge in [0.1, 0.15) is 4.99 Å². The maximum Gasteiger partial charge on any atom is 0.240 e. The predicted molar refractivity (Wildman–Crippen MR) is 90.0 cm³/mol. The van der Waals surface area contributed by atoms with E-state index in [1.807, 2.05) is 32.8 Å². The summed E-state index contributed by atoms with van der Waals surface area (Å²) in [6.07, 6.45) is 0. The standard InChI is InChI=1S/C14H23N3O2S2/c1-10-8-11(6-7-12(10)13(15)20)21(18,19)16-9-14(2,3)17(4)5/h6-8,16H,9H2,1-5H3,(H2,15,20). The van der Waals surface area contributed by atoms with Crippen molar-refractivity contribution in [1.82, 2.24) is 9.62 Å². The van der Waals surface area contributed by atoms with Gasteiger partial charge in [-0.15, -0.1) is 0 Å². The smallest absolute Gasteiger partial charge is 0.240 e. The fourth-order valence-corrected chi connectivity index (χ4v) is 3.11. The summed E-state index contributed by atoms with van der Waals surface area (Å²) in [4.78, 5) is 2.45. The second kappa shape index (κ2) is 6.39. The molecular formula is C14H23N3O2S2. The number of nitrogens with zero attached hydrogens (tertiary/aromatic N) is 1. The first-order valence-electron chi connectivity index (χ1n) is 6.55. The molecule has 0 radical (unpaired) electrons. The molecule has 1 rings (SSSR count). The molecule has 3 N–H and O–H groups in total. The lowest BCUT2D eigenvalue weighted by molar-refractivity contribution is 0.199. The van der Waals surface area contributed by atoms with Crippen molar-refractivity contribution in [1.29, 1.82) is 0 Å². The molecular weight excluding hydrogens is 306 g/mol. The molecule has 0 aromatic heterocycles. The molecule has 0 bridgehead atoms. The SMILES string of the molecule is Cc1cc(S(=O)(=O)NCC(C)(C)N(C)C)ccc1C(N)=S. The summed E-state index contributed by atoms with van der Waals surface area (Å²) in [7, 11) is 0.272. The van der Waals surface area contributed by atoms with Gasteiger partial charge >= 0.3 is 0 Å². The van der Waals surface area contributed by atoms with Gasteiger partial charge in [0.2, 0.25) is 10.0 Å². The van der Waals surface area contributed by atoms with Crippen molar-refractivity contribution in [2.24, 2.45) is 5.73 Å². The number of hydrogen-bond acceptors (Lipinski definition) is 4. The van der Waals surface area contributed by atoms with Crippen LogP contribution >= 0.6 is 12.2 Å². The summed E-state index contributed by atoms with van der Waals surface area (Å²) < 4.78 is 27.3. The van der Waals surface area contributed by atoms with Crippen LogP contribution in [0.3, 0.4) is 0 Å². The maximum absolute atomic E-state index is 12.3. The number of rotatable bonds is 6. The van der Waals surface area contributed by atoms with Gasteiger partial charge < -0.3 is 10.6 Å². The molecule has 0 fully saturated rings. The van der Waals surface area contributed by atoms with Gasteiger partial charge in [-0.05, 0) is 52.6 Å². The average molecular weight is 329 g/mol. The Kier molecular flexibility index (Phi) is 5.49. The number of sulfonamides is 1. The van der Waals surface area contributed by atoms with E-state index in [1.165, 1.54) is 6.07 Å². The van der Waals surface area contributed by atoms with Gasteiger partial charge in [-0.1, -0.05) is 18.3 Å². The van der Waals surface area contributed by atoms with Crippen LogP contribution in [-0.4, -0.2) is 44.5 Å². The zero-order valence-electron chi connectivity index (χ0n) is 13.1. The number of hydrogen-bond donors (Lipinski definition) is 2. The first-order valence-corrected chi connectivity index (χ1v) is 8.44. The predicted octanol–water partition coefficient (Wildman–Crippen LogP) is 1.25. The number of benzene rings is 1. The number of nitrogens with two attached hydrogens (primary N) is 1. The van der Waals surface area contributed by atoms with Gasteiger partial charge in [-0.3, -0.25) is 0 Å². The molecule has 0 saturated carbocycles. The zero-order valence-corrected chi connectivity index (χ0v) is 14.7. The third-order valence-electron chi connectivity index (χ3n) is 3.68. The first-order chi connectivity index (χ1) is 9.47. The van der Waals surface area contributed by atoms with Crippen molar-refractivity contribution in [3.63, 3.8) is 0 Å². The first kappa shape index (κ1) is 18.0. The highest BCUT2D eigenvalue weighted by molar-refractivity contribution is 7.89. The monoisotopic (exact) mass is 329 g/mol. The van der Waals surface area contributed by atoms with Crippen LogP contribution in [0.25, 0.3) is 0 Å². The van der Waals surface area contributed by atoms with E-state index in [9.17, 15) is 8.42 Å². The van der Waals surface area contributed by atoms with Gasteiger partial charge in [-0.2, -0.15) is 0 Å². The van der Waals surface area contributed by atoms with Gasteiger partial charge in [0.25, 0.3) is 0 Å². The van der Waals surface area contributed by atoms with Crippen LogP contribution in [0.2, 0.25) is 0 Å². The molecule has 1 aromatic rings.